The van der Waals surface area contributed by atoms with E-state index in [1.807, 2.05) is 42.5 Å². The Morgan fingerprint density at radius 3 is 2.47 bits per heavy atom. The smallest absolute Gasteiger partial charge is 0.410 e. The first-order valence-corrected chi connectivity index (χ1v) is 11.2. The van der Waals surface area contributed by atoms with Crippen molar-refractivity contribution in [3.8, 4) is 0 Å². The van der Waals surface area contributed by atoms with E-state index in [9.17, 15) is 19.2 Å². The molecule has 0 saturated carbocycles. The van der Waals surface area contributed by atoms with Gasteiger partial charge in [-0.1, -0.05) is 36.4 Å². The fraction of sp³-hybridized carbons (Fsp3) is 0.360. The molecule has 1 aliphatic heterocycles. The average Bonchev–Trinajstić information content (AvgIpc) is 3.26. The van der Waals surface area contributed by atoms with Gasteiger partial charge in [0.25, 0.3) is 5.91 Å². The fourth-order valence-corrected chi connectivity index (χ4v) is 4.41. The Bertz CT molecular complexity index is 1130. The fourth-order valence-electron chi connectivity index (χ4n) is 4.41. The lowest BCUT2D eigenvalue weighted by atomic mass is 9.95. The molecule has 178 valence electrons. The van der Waals surface area contributed by atoms with Crippen molar-refractivity contribution in [2.45, 2.75) is 44.9 Å². The number of rotatable bonds is 6. The third kappa shape index (κ3) is 4.59. The van der Waals surface area contributed by atoms with Gasteiger partial charge in [0.05, 0.1) is 6.10 Å². The van der Waals surface area contributed by atoms with Gasteiger partial charge in [-0.25, -0.2) is 9.59 Å². The predicted molar refractivity (Wildman–Crippen MR) is 125 cm³/mol. The molecule has 2 aromatic carbocycles. The Hall–Kier alpha value is -3.88. The van der Waals surface area contributed by atoms with Gasteiger partial charge >= 0.3 is 12.1 Å². The van der Waals surface area contributed by atoms with Gasteiger partial charge in [-0.05, 0) is 42.7 Å². The molecule has 1 aliphatic carbocycles. The summed E-state index contributed by atoms with van der Waals surface area (Å²) in [6.07, 6.45) is -0.0715. The van der Waals surface area contributed by atoms with E-state index in [4.69, 9.17) is 4.74 Å². The molecule has 0 radical (unpaired) electrons. The van der Waals surface area contributed by atoms with Crippen LogP contribution in [0.2, 0.25) is 0 Å². The van der Waals surface area contributed by atoms with Crippen LogP contribution in [0.5, 0.6) is 0 Å². The first-order chi connectivity index (χ1) is 16.2. The highest BCUT2D eigenvalue weighted by molar-refractivity contribution is 6.07. The normalized spacial score (nSPS) is 18.8. The van der Waals surface area contributed by atoms with E-state index in [1.165, 1.54) is 9.80 Å². The van der Waals surface area contributed by atoms with E-state index in [1.54, 1.807) is 27.0 Å². The second kappa shape index (κ2) is 9.17. The van der Waals surface area contributed by atoms with Gasteiger partial charge in [-0.2, -0.15) is 0 Å². The van der Waals surface area contributed by atoms with Crippen LogP contribution in [0, 0.1) is 0 Å². The molecule has 2 aliphatic rings. The van der Waals surface area contributed by atoms with Gasteiger partial charge in [0.2, 0.25) is 5.91 Å². The van der Waals surface area contributed by atoms with Crippen molar-refractivity contribution in [2.24, 2.45) is 0 Å². The molecule has 34 heavy (non-hydrogen) atoms. The van der Waals surface area contributed by atoms with Gasteiger partial charge in [0, 0.05) is 32.1 Å². The number of nitrogens with zero attached hydrogens (tertiary/aromatic N) is 2. The number of anilines is 1. The number of ether oxygens (including phenoxy) is 1. The van der Waals surface area contributed by atoms with E-state index in [0.717, 1.165) is 16.7 Å². The minimum absolute atomic E-state index is 0.179. The summed E-state index contributed by atoms with van der Waals surface area (Å²) < 4.78 is 5.32. The third-order valence-electron chi connectivity index (χ3n) is 6.19. The molecule has 1 fully saturated rings. The number of nitrogens with one attached hydrogen (secondary N) is 2. The van der Waals surface area contributed by atoms with Crippen LogP contribution in [0.4, 0.5) is 15.3 Å². The molecular weight excluding hydrogens is 436 g/mol. The van der Waals surface area contributed by atoms with Crippen LogP contribution in [-0.2, 0) is 33.7 Å². The summed E-state index contributed by atoms with van der Waals surface area (Å²) in [4.78, 5) is 52.6. The standard InChI is InChI=1S/C25H28N4O5/c1-16(2)34-24(33)29(14-17-7-5-4-6-8-17)15-21(30)26-20-10-9-18-12-25(13-19(18)11-20)22(31)27-23(32)28(25)3/h4-11,16H,12-15H2,1-3H3,(H,26,30)(H,27,31,32). The molecule has 0 bridgehead atoms. The number of fused-ring (bicyclic) bond motifs is 1. The quantitative estimate of drug-likeness (QED) is 0.639. The molecule has 2 aromatic rings. The molecule has 1 saturated heterocycles. The van der Waals surface area contributed by atoms with Crippen molar-refractivity contribution in [1.29, 1.82) is 0 Å². The molecule has 2 N–H and O–H groups in total. The summed E-state index contributed by atoms with van der Waals surface area (Å²) in [7, 11) is 1.62. The molecule has 9 nitrogen and oxygen atoms in total. The molecule has 4 rings (SSSR count). The van der Waals surface area contributed by atoms with Crippen molar-refractivity contribution in [3.63, 3.8) is 0 Å². The van der Waals surface area contributed by atoms with E-state index in [-0.39, 0.29) is 31.0 Å². The van der Waals surface area contributed by atoms with Gasteiger partial charge in [-0.3, -0.25) is 19.8 Å². The van der Waals surface area contributed by atoms with Crippen LogP contribution in [0.25, 0.3) is 0 Å². The maximum absolute atomic E-state index is 12.8. The topological polar surface area (TPSA) is 108 Å². The van der Waals surface area contributed by atoms with Crippen LogP contribution in [0.15, 0.2) is 48.5 Å². The highest BCUT2D eigenvalue weighted by Gasteiger charge is 2.54. The summed E-state index contributed by atoms with van der Waals surface area (Å²) >= 11 is 0. The lowest BCUT2D eigenvalue weighted by Gasteiger charge is -2.27. The number of carbonyl (C=O) groups is 4. The van der Waals surface area contributed by atoms with Gasteiger partial charge < -0.3 is 15.0 Å². The summed E-state index contributed by atoms with van der Waals surface area (Å²) in [5.74, 6) is -0.669. The number of imide groups is 1. The molecule has 5 amide bonds. The Labute approximate surface area is 198 Å². The minimum atomic E-state index is -0.921. The highest BCUT2D eigenvalue weighted by atomic mass is 16.6. The molecule has 9 heteroatoms. The molecule has 1 heterocycles. The number of hydrogen-bond acceptors (Lipinski definition) is 5. The average molecular weight is 465 g/mol. The lowest BCUT2D eigenvalue weighted by molar-refractivity contribution is -0.125. The Morgan fingerprint density at radius 2 is 1.82 bits per heavy atom. The predicted octanol–water partition coefficient (Wildman–Crippen LogP) is 2.69. The number of likely N-dealkylation sites (N-methyl/N-ethyl adjacent to an activating group) is 1. The van der Waals surface area contributed by atoms with Crippen LogP contribution in [0.1, 0.15) is 30.5 Å². The van der Waals surface area contributed by atoms with E-state index >= 15 is 0 Å². The first kappa shape index (κ1) is 23.3. The molecule has 1 unspecified atom stereocenters. The highest BCUT2D eigenvalue weighted by Crippen LogP contribution is 2.38. The van der Waals surface area contributed by atoms with E-state index in [0.29, 0.717) is 18.5 Å². The summed E-state index contributed by atoms with van der Waals surface area (Å²) in [5, 5.41) is 5.21. The Morgan fingerprint density at radius 1 is 1.12 bits per heavy atom. The van der Waals surface area contributed by atoms with Crippen molar-refractivity contribution < 1.29 is 23.9 Å². The lowest BCUT2D eigenvalue weighted by Crippen LogP contribution is -2.48. The van der Waals surface area contributed by atoms with Gasteiger partial charge in [-0.15, -0.1) is 0 Å². The Kier molecular flexibility index (Phi) is 6.28. The zero-order valence-electron chi connectivity index (χ0n) is 19.5. The van der Waals surface area contributed by atoms with Crippen LogP contribution in [-0.4, -0.2) is 59.0 Å². The van der Waals surface area contributed by atoms with Crippen LogP contribution in [0.3, 0.4) is 0 Å². The second-order valence-corrected chi connectivity index (χ2v) is 9.01. The maximum Gasteiger partial charge on any atom is 0.410 e. The third-order valence-corrected chi connectivity index (χ3v) is 6.19. The second-order valence-electron chi connectivity index (χ2n) is 9.01. The Balaban J connectivity index is 1.45. The van der Waals surface area contributed by atoms with Crippen molar-refractivity contribution in [2.75, 3.05) is 18.9 Å². The SMILES string of the molecule is CC(C)OC(=O)N(CC(=O)Nc1ccc2c(c1)CC1(C2)C(=O)NC(=O)N1C)Cc1ccccc1. The van der Waals surface area contributed by atoms with Gasteiger partial charge in [0.1, 0.15) is 12.1 Å². The minimum Gasteiger partial charge on any atom is -0.447 e. The first-order valence-electron chi connectivity index (χ1n) is 11.2. The number of benzene rings is 2. The molecular formula is C25H28N4O5. The zero-order valence-corrected chi connectivity index (χ0v) is 19.5. The largest absolute Gasteiger partial charge is 0.447 e. The van der Waals surface area contributed by atoms with Crippen LogP contribution >= 0.6 is 0 Å². The van der Waals surface area contributed by atoms with Gasteiger partial charge in [0.15, 0.2) is 0 Å². The number of carbonyl (C=O) groups excluding carboxylic acids is 4. The number of urea groups is 1. The summed E-state index contributed by atoms with van der Waals surface area (Å²) in [6, 6.07) is 14.4. The van der Waals surface area contributed by atoms with Crippen molar-refractivity contribution in [3.05, 3.63) is 65.2 Å². The number of amides is 5. The maximum atomic E-state index is 12.8. The van der Waals surface area contributed by atoms with Crippen molar-refractivity contribution >= 4 is 29.6 Å². The molecule has 1 spiro atoms. The monoisotopic (exact) mass is 464 g/mol. The van der Waals surface area contributed by atoms with E-state index < -0.39 is 17.7 Å². The summed E-state index contributed by atoms with van der Waals surface area (Å²) in [5.41, 5.74) is 2.38. The zero-order chi connectivity index (χ0) is 24.5. The molecule has 1 atom stereocenters. The summed E-state index contributed by atoms with van der Waals surface area (Å²) in [6.45, 7) is 3.57. The molecule has 0 aromatic heterocycles. The van der Waals surface area contributed by atoms with Crippen LogP contribution < -0.4 is 10.6 Å². The van der Waals surface area contributed by atoms with Crippen molar-refractivity contribution in [1.82, 2.24) is 15.1 Å². The number of hydrogen-bond donors (Lipinski definition) is 2. The van der Waals surface area contributed by atoms with E-state index in [2.05, 4.69) is 10.6 Å².